The highest BCUT2D eigenvalue weighted by Gasteiger charge is 2.27. The number of methoxy groups -OCH3 is 1. The fraction of sp³-hybridized carbons (Fsp3) is 0.194. The zero-order valence-electron chi connectivity index (χ0n) is 24.3. The Morgan fingerprint density at radius 3 is 2.39 bits per heavy atom. The molecule has 4 N–H and O–H groups in total. The lowest BCUT2D eigenvalue weighted by atomic mass is 10.1. The van der Waals surface area contributed by atoms with Gasteiger partial charge in [0, 0.05) is 18.9 Å². The maximum absolute atomic E-state index is 12.8. The third-order valence-corrected chi connectivity index (χ3v) is 6.63. The number of rotatable bonds is 11. The number of carbonyl (C=O) groups is 4. The summed E-state index contributed by atoms with van der Waals surface area (Å²) in [7, 11) is 2.93. The third-order valence-electron chi connectivity index (χ3n) is 6.63. The Kier molecular flexibility index (Phi) is 10.1. The van der Waals surface area contributed by atoms with Gasteiger partial charge in [0.2, 0.25) is 5.91 Å². The van der Waals surface area contributed by atoms with Crippen molar-refractivity contribution in [1.82, 2.24) is 20.1 Å². The van der Waals surface area contributed by atoms with E-state index in [0.717, 1.165) is 5.56 Å². The summed E-state index contributed by atoms with van der Waals surface area (Å²) in [6.45, 7) is 1.89. The van der Waals surface area contributed by atoms with Gasteiger partial charge in [-0.1, -0.05) is 24.3 Å². The van der Waals surface area contributed by atoms with Gasteiger partial charge in [-0.05, 0) is 60.5 Å². The number of urea groups is 1. The van der Waals surface area contributed by atoms with Crippen molar-refractivity contribution in [1.29, 1.82) is 0 Å². The van der Waals surface area contributed by atoms with Gasteiger partial charge in [-0.15, -0.1) is 5.10 Å². The predicted molar refractivity (Wildman–Crippen MR) is 163 cm³/mol. The molecule has 2 aromatic carbocycles. The fourth-order valence-corrected chi connectivity index (χ4v) is 4.35. The lowest BCUT2D eigenvalue weighted by Gasteiger charge is -2.26. The summed E-state index contributed by atoms with van der Waals surface area (Å²) in [5.74, 6) is -1.58. The molecule has 0 saturated heterocycles. The largest absolute Gasteiger partial charge is 0.495 e. The molecule has 0 aliphatic heterocycles. The highest BCUT2D eigenvalue weighted by atomic mass is 16.5. The second kappa shape index (κ2) is 14.4. The molecular formula is C31H31N7O6. The molecule has 4 rings (SSSR count). The van der Waals surface area contributed by atoms with Crippen LogP contribution >= 0.6 is 0 Å². The number of aliphatic carboxylic acids is 1. The van der Waals surface area contributed by atoms with Crippen molar-refractivity contribution < 1.29 is 29.0 Å². The van der Waals surface area contributed by atoms with E-state index in [1.165, 1.54) is 37.5 Å². The van der Waals surface area contributed by atoms with Crippen LogP contribution in [0.3, 0.4) is 0 Å². The summed E-state index contributed by atoms with van der Waals surface area (Å²) in [4.78, 5) is 55.3. The molecule has 0 saturated carbocycles. The molecular weight excluding hydrogens is 566 g/mol. The molecule has 2 aromatic heterocycles. The number of amides is 4. The summed E-state index contributed by atoms with van der Waals surface area (Å²) in [5.41, 5.74) is 3.45. The molecule has 0 spiro atoms. The molecule has 1 unspecified atom stereocenters. The quantitative estimate of drug-likeness (QED) is 0.196. The average molecular weight is 598 g/mol. The van der Waals surface area contributed by atoms with E-state index >= 15 is 0 Å². The van der Waals surface area contributed by atoms with Crippen LogP contribution in [0.5, 0.6) is 5.75 Å². The number of carboxylic acid groups (broad SMARTS) is 1. The van der Waals surface area contributed by atoms with Crippen LogP contribution in [0.15, 0.2) is 79.1 Å². The number of aromatic nitrogens is 3. The molecule has 2 heterocycles. The maximum atomic E-state index is 12.8. The number of hydrogen-bond acceptors (Lipinski definition) is 8. The summed E-state index contributed by atoms with van der Waals surface area (Å²) >= 11 is 0. The first-order valence-corrected chi connectivity index (χ1v) is 13.5. The first-order valence-electron chi connectivity index (χ1n) is 13.5. The topological polar surface area (TPSA) is 176 Å². The van der Waals surface area contributed by atoms with E-state index in [0.29, 0.717) is 34.1 Å². The van der Waals surface area contributed by atoms with E-state index in [1.54, 1.807) is 42.5 Å². The summed E-state index contributed by atoms with van der Waals surface area (Å²) in [6.07, 6.45) is 2.44. The number of benzene rings is 2. The van der Waals surface area contributed by atoms with Crippen LogP contribution in [-0.4, -0.2) is 63.2 Å². The number of ether oxygens (including phenoxy) is 1. The fourth-order valence-electron chi connectivity index (χ4n) is 4.35. The van der Waals surface area contributed by atoms with Crippen LogP contribution in [0, 0.1) is 6.92 Å². The third kappa shape index (κ3) is 8.12. The average Bonchev–Trinajstić information content (AvgIpc) is 3.01. The first-order chi connectivity index (χ1) is 21.1. The van der Waals surface area contributed by atoms with Gasteiger partial charge in [-0.2, -0.15) is 5.10 Å². The molecule has 0 aliphatic rings. The molecule has 1 atom stereocenters. The number of para-hydroxylation sites is 1. The molecule has 4 amide bonds. The number of carboxylic acids is 1. The number of nitrogens with zero attached hydrogens (tertiary/aromatic N) is 4. The normalized spacial score (nSPS) is 11.2. The van der Waals surface area contributed by atoms with E-state index < -0.39 is 23.9 Å². The van der Waals surface area contributed by atoms with Gasteiger partial charge in [-0.25, -0.2) is 4.79 Å². The van der Waals surface area contributed by atoms with Crippen LogP contribution in [0.4, 0.5) is 21.9 Å². The summed E-state index contributed by atoms with van der Waals surface area (Å²) in [5, 5.41) is 25.2. The second-order valence-electron chi connectivity index (χ2n) is 9.76. The van der Waals surface area contributed by atoms with Crippen LogP contribution in [0.25, 0.3) is 0 Å². The van der Waals surface area contributed by atoms with Crippen molar-refractivity contribution >= 4 is 40.9 Å². The highest BCUT2D eigenvalue weighted by molar-refractivity contribution is 6.01. The van der Waals surface area contributed by atoms with Crippen molar-refractivity contribution in [2.45, 2.75) is 25.8 Å². The Hall–Kier alpha value is -5.85. The van der Waals surface area contributed by atoms with Gasteiger partial charge in [0.25, 0.3) is 5.91 Å². The van der Waals surface area contributed by atoms with E-state index in [2.05, 4.69) is 31.1 Å². The minimum Gasteiger partial charge on any atom is -0.495 e. The smallest absolute Gasteiger partial charge is 0.323 e. The van der Waals surface area contributed by atoms with Crippen LogP contribution in [-0.2, 0) is 16.0 Å². The van der Waals surface area contributed by atoms with Crippen LogP contribution in [0.2, 0.25) is 0 Å². The SMILES string of the molecule is COc1cc(CC(=O)Nc2ccc(C(CC(=O)O)N(C)C(=O)c3cccnn3)nc2)ccc1NC(=O)Nc1ccccc1C. The Balaban J connectivity index is 1.39. The van der Waals surface area contributed by atoms with E-state index in [9.17, 15) is 24.3 Å². The molecule has 13 nitrogen and oxygen atoms in total. The van der Waals surface area contributed by atoms with Crippen molar-refractivity contribution in [3.8, 4) is 5.75 Å². The van der Waals surface area contributed by atoms with E-state index in [1.807, 2.05) is 25.1 Å². The highest BCUT2D eigenvalue weighted by Crippen LogP contribution is 2.27. The Labute approximate surface area is 253 Å². The molecule has 13 heteroatoms. The van der Waals surface area contributed by atoms with Crippen molar-refractivity contribution in [2.75, 3.05) is 30.1 Å². The lowest BCUT2D eigenvalue weighted by Crippen LogP contribution is -2.33. The van der Waals surface area contributed by atoms with Crippen molar-refractivity contribution in [2.24, 2.45) is 0 Å². The molecule has 0 bridgehead atoms. The van der Waals surface area contributed by atoms with Gasteiger partial charge < -0.3 is 30.7 Å². The molecule has 4 aromatic rings. The minimum absolute atomic E-state index is 0.00475. The second-order valence-corrected chi connectivity index (χ2v) is 9.76. The minimum atomic E-state index is -1.11. The van der Waals surface area contributed by atoms with E-state index in [4.69, 9.17) is 4.74 Å². The molecule has 226 valence electrons. The van der Waals surface area contributed by atoms with Crippen molar-refractivity contribution in [3.05, 3.63) is 102 Å². The van der Waals surface area contributed by atoms with Crippen LogP contribution in [0.1, 0.15) is 39.8 Å². The summed E-state index contributed by atoms with van der Waals surface area (Å²) in [6, 6.07) is 17.3. The lowest BCUT2D eigenvalue weighted by molar-refractivity contribution is -0.138. The first kappa shape index (κ1) is 31.1. The van der Waals surface area contributed by atoms with Gasteiger partial charge in [0.05, 0.1) is 49.3 Å². The monoisotopic (exact) mass is 597 g/mol. The Morgan fingerprint density at radius 2 is 1.73 bits per heavy atom. The van der Waals surface area contributed by atoms with Gasteiger partial charge in [0.1, 0.15) is 5.75 Å². The zero-order valence-corrected chi connectivity index (χ0v) is 24.3. The number of pyridine rings is 1. The van der Waals surface area contributed by atoms with Gasteiger partial charge in [-0.3, -0.25) is 19.4 Å². The number of hydrogen-bond donors (Lipinski definition) is 4. The van der Waals surface area contributed by atoms with E-state index in [-0.39, 0.29) is 24.4 Å². The Bertz CT molecular complexity index is 1650. The number of nitrogens with one attached hydrogen (secondary N) is 3. The zero-order chi connectivity index (χ0) is 31.6. The van der Waals surface area contributed by atoms with Crippen LogP contribution < -0.4 is 20.7 Å². The van der Waals surface area contributed by atoms with Gasteiger partial charge >= 0.3 is 12.0 Å². The Morgan fingerprint density at radius 1 is 0.955 bits per heavy atom. The van der Waals surface area contributed by atoms with Gasteiger partial charge in [0.15, 0.2) is 5.69 Å². The predicted octanol–water partition coefficient (Wildman–Crippen LogP) is 4.30. The number of carbonyl (C=O) groups excluding carboxylic acids is 3. The number of anilines is 3. The summed E-state index contributed by atoms with van der Waals surface area (Å²) < 4.78 is 5.43. The maximum Gasteiger partial charge on any atom is 0.323 e. The molecule has 44 heavy (non-hydrogen) atoms. The van der Waals surface area contributed by atoms with Crippen molar-refractivity contribution in [3.63, 3.8) is 0 Å². The number of aryl methyl sites for hydroxylation is 1. The molecule has 0 radical (unpaired) electrons. The molecule has 0 fully saturated rings. The molecule has 0 aliphatic carbocycles. The standard InChI is InChI=1S/C31H31N7O6/c1-19-7-4-5-8-22(19)35-31(43)36-24-12-10-20(15-27(24)44-3)16-28(39)34-21-11-13-23(32-18-21)26(17-29(40)41)38(2)30(42)25-9-6-14-33-37-25/h4-15,18,26H,16-17H2,1-3H3,(H,34,39)(H,40,41)(H2,35,36,43).